The van der Waals surface area contributed by atoms with Crippen molar-refractivity contribution >= 4 is 17.3 Å². The van der Waals surface area contributed by atoms with E-state index < -0.39 is 5.97 Å². The van der Waals surface area contributed by atoms with E-state index in [1.807, 2.05) is 36.4 Å². The normalized spacial score (nSPS) is 10.7. The SMILES string of the molecule is CCCCN(CCCC)c1cc(C(=O)O)cc(NCc2ccoc2)c1Oc1ccccc1. The molecule has 0 aliphatic carbocycles. The van der Waals surface area contributed by atoms with Crippen molar-refractivity contribution in [3.63, 3.8) is 0 Å². The van der Waals surface area contributed by atoms with Gasteiger partial charge in [-0.25, -0.2) is 4.79 Å². The molecule has 1 aromatic heterocycles. The van der Waals surface area contributed by atoms with Gasteiger partial charge in [0.15, 0.2) is 5.75 Å². The lowest BCUT2D eigenvalue weighted by Gasteiger charge is -2.28. The van der Waals surface area contributed by atoms with Crippen LogP contribution in [0.2, 0.25) is 0 Å². The molecule has 0 spiro atoms. The molecule has 32 heavy (non-hydrogen) atoms. The number of para-hydroxylation sites is 1. The number of nitrogens with zero attached hydrogens (tertiary/aromatic N) is 1. The zero-order valence-electron chi connectivity index (χ0n) is 18.8. The van der Waals surface area contributed by atoms with Crippen LogP contribution in [0, 0.1) is 0 Å². The Labute approximate surface area is 189 Å². The first-order valence-electron chi connectivity index (χ1n) is 11.3. The van der Waals surface area contributed by atoms with Crippen LogP contribution in [0.3, 0.4) is 0 Å². The zero-order chi connectivity index (χ0) is 22.8. The van der Waals surface area contributed by atoms with Gasteiger partial charge in [0.1, 0.15) is 5.75 Å². The van der Waals surface area contributed by atoms with E-state index in [9.17, 15) is 9.90 Å². The predicted octanol–water partition coefficient (Wildman–Crippen LogP) is 6.79. The summed E-state index contributed by atoms with van der Waals surface area (Å²) >= 11 is 0. The summed E-state index contributed by atoms with van der Waals surface area (Å²) in [6, 6.07) is 14.8. The number of unbranched alkanes of at least 4 members (excludes halogenated alkanes) is 2. The summed E-state index contributed by atoms with van der Waals surface area (Å²) in [5, 5.41) is 13.2. The van der Waals surface area contributed by atoms with Gasteiger partial charge in [0.05, 0.1) is 29.5 Å². The second-order valence-electron chi connectivity index (χ2n) is 7.77. The van der Waals surface area contributed by atoms with Crippen molar-refractivity contribution in [2.75, 3.05) is 23.3 Å². The molecule has 6 heteroatoms. The van der Waals surface area contributed by atoms with Gasteiger partial charge in [0, 0.05) is 25.2 Å². The number of hydrogen-bond donors (Lipinski definition) is 2. The van der Waals surface area contributed by atoms with Crippen LogP contribution in [0.4, 0.5) is 11.4 Å². The number of ether oxygens (including phenoxy) is 1. The van der Waals surface area contributed by atoms with Crippen molar-refractivity contribution < 1.29 is 19.1 Å². The molecule has 0 aliphatic rings. The number of aromatic carboxylic acids is 1. The number of nitrogens with one attached hydrogen (secondary N) is 1. The predicted molar refractivity (Wildman–Crippen MR) is 128 cm³/mol. The van der Waals surface area contributed by atoms with Crippen LogP contribution in [0.5, 0.6) is 11.5 Å². The van der Waals surface area contributed by atoms with Gasteiger partial charge in [-0.05, 0) is 43.2 Å². The largest absolute Gasteiger partial charge is 0.478 e. The van der Waals surface area contributed by atoms with E-state index in [-0.39, 0.29) is 5.56 Å². The van der Waals surface area contributed by atoms with Gasteiger partial charge < -0.3 is 24.5 Å². The van der Waals surface area contributed by atoms with Gasteiger partial charge in [-0.15, -0.1) is 0 Å². The number of benzene rings is 2. The molecule has 0 unspecified atom stereocenters. The highest BCUT2D eigenvalue weighted by molar-refractivity contribution is 5.92. The highest BCUT2D eigenvalue weighted by Gasteiger charge is 2.21. The molecule has 0 aliphatic heterocycles. The van der Waals surface area contributed by atoms with E-state index >= 15 is 0 Å². The van der Waals surface area contributed by atoms with E-state index in [2.05, 4.69) is 24.1 Å². The quantitative estimate of drug-likeness (QED) is 0.307. The average Bonchev–Trinajstić information content (AvgIpc) is 3.33. The molecule has 0 saturated carbocycles. The number of rotatable bonds is 13. The maximum atomic E-state index is 12.0. The van der Waals surface area contributed by atoms with Crippen molar-refractivity contribution in [2.45, 2.75) is 46.1 Å². The summed E-state index contributed by atoms with van der Waals surface area (Å²) in [4.78, 5) is 14.2. The molecule has 0 atom stereocenters. The fourth-order valence-electron chi connectivity index (χ4n) is 3.46. The minimum atomic E-state index is -0.963. The fourth-order valence-corrected chi connectivity index (χ4v) is 3.46. The molecule has 2 N–H and O–H groups in total. The highest BCUT2D eigenvalue weighted by atomic mass is 16.5. The Morgan fingerprint density at radius 2 is 1.78 bits per heavy atom. The number of carbonyl (C=O) groups is 1. The second-order valence-corrected chi connectivity index (χ2v) is 7.77. The Kier molecular flexibility index (Phi) is 8.61. The van der Waals surface area contributed by atoms with Gasteiger partial charge in [-0.3, -0.25) is 0 Å². The third-order valence-electron chi connectivity index (χ3n) is 5.25. The van der Waals surface area contributed by atoms with Crippen LogP contribution >= 0.6 is 0 Å². The van der Waals surface area contributed by atoms with Crippen LogP contribution in [-0.4, -0.2) is 24.2 Å². The third kappa shape index (κ3) is 6.30. The Balaban J connectivity index is 2.07. The van der Waals surface area contributed by atoms with Gasteiger partial charge in [0.25, 0.3) is 0 Å². The molecule has 0 bridgehead atoms. The van der Waals surface area contributed by atoms with Crippen LogP contribution < -0.4 is 15.0 Å². The molecule has 6 nitrogen and oxygen atoms in total. The minimum absolute atomic E-state index is 0.230. The van der Waals surface area contributed by atoms with Crippen molar-refractivity contribution in [1.29, 1.82) is 0 Å². The lowest BCUT2D eigenvalue weighted by Crippen LogP contribution is -2.26. The summed E-state index contributed by atoms with van der Waals surface area (Å²) in [5.74, 6) is 0.376. The van der Waals surface area contributed by atoms with Crippen LogP contribution in [0.15, 0.2) is 65.5 Å². The maximum absolute atomic E-state index is 12.0. The molecule has 3 rings (SSSR count). The summed E-state index contributed by atoms with van der Waals surface area (Å²) in [7, 11) is 0. The third-order valence-corrected chi connectivity index (χ3v) is 5.25. The first-order chi connectivity index (χ1) is 15.6. The van der Waals surface area contributed by atoms with Crippen LogP contribution in [-0.2, 0) is 6.54 Å². The van der Waals surface area contributed by atoms with Gasteiger partial charge >= 0.3 is 5.97 Å². The second kappa shape index (κ2) is 11.8. The molecule has 0 fully saturated rings. The van der Waals surface area contributed by atoms with Crippen LogP contribution in [0.1, 0.15) is 55.5 Å². The first-order valence-corrected chi connectivity index (χ1v) is 11.3. The monoisotopic (exact) mass is 436 g/mol. The molecule has 1 heterocycles. The van der Waals surface area contributed by atoms with E-state index in [0.717, 1.165) is 50.0 Å². The highest BCUT2D eigenvalue weighted by Crippen LogP contribution is 2.41. The number of furan rings is 1. The molecule has 2 aromatic carbocycles. The first kappa shape index (κ1) is 23.3. The molecule has 170 valence electrons. The fraction of sp³-hybridized carbons (Fsp3) is 0.346. The lowest BCUT2D eigenvalue weighted by atomic mass is 10.1. The van der Waals surface area contributed by atoms with E-state index in [1.165, 1.54) is 0 Å². The van der Waals surface area contributed by atoms with Crippen molar-refractivity contribution in [3.05, 3.63) is 72.2 Å². The van der Waals surface area contributed by atoms with Gasteiger partial charge in [-0.1, -0.05) is 44.9 Å². The van der Waals surface area contributed by atoms with Crippen LogP contribution in [0.25, 0.3) is 0 Å². The lowest BCUT2D eigenvalue weighted by molar-refractivity contribution is 0.0697. The molecular formula is C26H32N2O4. The van der Waals surface area contributed by atoms with E-state index in [1.54, 1.807) is 24.7 Å². The molecule has 3 aromatic rings. The summed E-state index contributed by atoms with van der Waals surface area (Å²) in [6.07, 6.45) is 7.44. The molecule has 0 radical (unpaired) electrons. The zero-order valence-corrected chi connectivity index (χ0v) is 18.8. The Hall–Kier alpha value is -3.41. The number of hydrogen-bond acceptors (Lipinski definition) is 5. The van der Waals surface area contributed by atoms with E-state index in [0.29, 0.717) is 23.7 Å². The van der Waals surface area contributed by atoms with Crippen molar-refractivity contribution in [2.24, 2.45) is 0 Å². The summed E-state index contributed by atoms with van der Waals surface area (Å²) in [6.45, 7) is 6.49. The molecule has 0 amide bonds. The summed E-state index contributed by atoms with van der Waals surface area (Å²) < 4.78 is 11.5. The maximum Gasteiger partial charge on any atom is 0.335 e. The van der Waals surface area contributed by atoms with Gasteiger partial charge in [-0.2, -0.15) is 0 Å². The smallest absolute Gasteiger partial charge is 0.335 e. The van der Waals surface area contributed by atoms with Crippen molar-refractivity contribution in [1.82, 2.24) is 0 Å². The number of carboxylic acid groups (broad SMARTS) is 1. The topological polar surface area (TPSA) is 74.9 Å². The molecule has 0 saturated heterocycles. The summed E-state index contributed by atoms with van der Waals surface area (Å²) in [5.41, 5.74) is 2.63. The number of anilines is 2. The number of carboxylic acids is 1. The Bertz CT molecular complexity index is 963. The molecular weight excluding hydrogens is 404 g/mol. The minimum Gasteiger partial charge on any atom is -0.478 e. The Morgan fingerprint density at radius 1 is 1.06 bits per heavy atom. The standard InChI is InChI=1S/C26H32N2O4/c1-3-5-13-28(14-6-4-2)24-17-21(26(29)30)16-23(27-18-20-12-15-31-19-20)25(24)32-22-10-8-7-9-11-22/h7-12,15-17,19,27H,3-6,13-14,18H2,1-2H3,(H,29,30). The van der Waals surface area contributed by atoms with E-state index in [4.69, 9.17) is 9.15 Å². The Morgan fingerprint density at radius 3 is 2.38 bits per heavy atom. The van der Waals surface area contributed by atoms with Gasteiger partial charge in [0.2, 0.25) is 0 Å². The van der Waals surface area contributed by atoms with Crippen molar-refractivity contribution in [3.8, 4) is 11.5 Å². The average molecular weight is 437 g/mol.